The molecule has 0 fully saturated rings. The fraction of sp³-hybridized carbons (Fsp3) is 0.833. The molecule has 0 amide bonds. The van der Waals surface area contributed by atoms with Crippen LogP contribution in [0, 0.1) is 5.92 Å². The Morgan fingerprint density at radius 1 is 1.60 bits per heavy atom. The summed E-state index contributed by atoms with van der Waals surface area (Å²) in [7, 11) is 1.53. The summed E-state index contributed by atoms with van der Waals surface area (Å²) >= 11 is 0. The molecular formula is C6H14FN3. The zero-order chi connectivity index (χ0) is 8.15. The summed E-state index contributed by atoms with van der Waals surface area (Å²) in [5.41, 5.74) is 0.350. The zero-order valence-electron chi connectivity index (χ0n) is 6.56. The standard InChI is InChI=1S/C6H14FN3/c1-4(2)5(10-8)6(7)9-3/h4,6,9H,8H2,1-3H3/b10-5-. The van der Waals surface area contributed by atoms with Gasteiger partial charge in [0.15, 0.2) is 6.30 Å². The third-order valence-electron chi connectivity index (χ3n) is 1.25. The number of hydrogen-bond acceptors (Lipinski definition) is 3. The van der Waals surface area contributed by atoms with Crippen LogP contribution < -0.4 is 11.2 Å². The maximum absolute atomic E-state index is 12.7. The predicted molar refractivity (Wildman–Crippen MR) is 40.4 cm³/mol. The predicted octanol–water partition coefficient (Wildman–Crippen LogP) is 0.472. The maximum atomic E-state index is 12.7. The molecule has 0 aromatic heterocycles. The van der Waals surface area contributed by atoms with Crippen LogP contribution in [-0.2, 0) is 0 Å². The molecule has 0 saturated carbocycles. The highest BCUT2D eigenvalue weighted by molar-refractivity contribution is 5.89. The van der Waals surface area contributed by atoms with Crippen molar-refractivity contribution in [2.45, 2.75) is 20.1 Å². The van der Waals surface area contributed by atoms with E-state index >= 15 is 0 Å². The Morgan fingerprint density at radius 3 is 2.20 bits per heavy atom. The average Bonchev–Trinajstić information content (AvgIpc) is 1.88. The molecule has 0 radical (unpaired) electrons. The first kappa shape index (κ1) is 9.36. The molecule has 3 N–H and O–H groups in total. The van der Waals surface area contributed by atoms with Gasteiger partial charge in [0.1, 0.15) is 0 Å². The van der Waals surface area contributed by atoms with E-state index in [1.807, 2.05) is 13.8 Å². The lowest BCUT2D eigenvalue weighted by molar-refractivity contribution is 0.368. The number of hydrogen-bond donors (Lipinski definition) is 2. The first-order valence-corrected chi connectivity index (χ1v) is 3.22. The Balaban J connectivity index is 4.08. The van der Waals surface area contributed by atoms with Crippen molar-refractivity contribution in [3.63, 3.8) is 0 Å². The van der Waals surface area contributed by atoms with E-state index in [0.717, 1.165) is 0 Å². The fourth-order valence-corrected chi connectivity index (χ4v) is 0.655. The topological polar surface area (TPSA) is 50.4 Å². The second-order valence-electron chi connectivity index (χ2n) is 2.36. The van der Waals surface area contributed by atoms with Crippen molar-refractivity contribution in [1.29, 1.82) is 0 Å². The van der Waals surface area contributed by atoms with Gasteiger partial charge in [-0.3, -0.25) is 5.32 Å². The monoisotopic (exact) mass is 147 g/mol. The van der Waals surface area contributed by atoms with Crippen LogP contribution in [0.15, 0.2) is 5.10 Å². The van der Waals surface area contributed by atoms with Crippen LogP contribution in [0.25, 0.3) is 0 Å². The molecule has 3 nitrogen and oxygen atoms in total. The fourth-order valence-electron chi connectivity index (χ4n) is 0.655. The van der Waals surface area contributed by atoms with Gasteiger partial charge in [-0.2, -0.15) is 5.10 Å². The highest BCUT2D eigenvalue weighted by Crippen LogP contribution is 2.01. The minimum atomic E-state index is -1.22. The number of nitrogens with zero attached hydrogens (tertiary/aromatic N) is 1. The van der Waals surface area contributed by atoms with Crippen LogP contribution in [0.4, 0.5) is 4.39 Å². The number of hydrazone groups is 1. The molecule has 0 aromatic carbocycles. The molecule has 60 valence electrons. The molecule has 0 heterocycles. The van der Waals surface area contributed by atoms with Gasteiger partial charge in [-0.1, -0.05) is 13.8 Å². The summed E-state index contributed by atoms with van der Waals surface area (Å²) in [4.78, 5) is 0. The Bertz CT molecular complexity index is 122. The Hall–Kier alpha value is -0.640. The van der Waals surface area contributed by atoms with E-state index in [2.05, 4.69) is 10.4 Å². The summed E-state index contributed by atoms with van der Waals surface area (Å²) in [6.45, 7) is 3.69. The molecule has 0 aliphatic heterocycles. The Morgan fingerprint density at radius 2 is 2.10 bits per heavy atom. The molecule has 0 rings (SSSR count). The smallest absolute Gasteiger partial charge is 0.191 e. The number of rotatable bonds is 3. The van der Waals surface area contributed by atoms with Gasteiger partial charge < -0.3 is 5.84 Å². The number of halogens is 1. The average molecular weight is 147 g/mol. The van der Waals surface area contributed by atoms with Crippen LogP contribution in [0.1, 0.15) is 13.8 Å². The van der Waals surface area contributed by atoms with Gasteiger partial charge in [-0.05, 0) is 13.0 Å². The summed E-state index contributed by atoms with van der Waals surface area (Å²) in [5, 5.41) is 5.76. The van der Waals surface area contributed by atoms with E-state index in [0.29, 0.717) is 5.71 Å². The van der Waals surface area contributed by atoms with Crippen molar-refractivity contribution in [2.75, 3.05) is 7.05 Å². The lowest BCUT2D eigenvalue weighted by Gasteiger charge is -2.11. The second kappa shape index (κ2) is 4.22. The number of nitrogens with two attached hydrogens (primary N) is 1. The molecule has 4 heteroatoms. The first-order valence-electron chi connectivity index (χ1n) is 3.22. The zero-order valence-corrected chi connectivity index (χ0v) is 6.56. The molecule has 0 aliphatic carbocycles. The molecular weight excluding hydrogens is 133 g/mol. The van der Waals surface area contributed by atoms with Gasteiger partial charge in [-0.25, -0.2) is 4.39 Å². The molecule has 0 bridgehead atoms. The van der Waals surface area contributed by atoms with Crippen LogP contribution in [-0.4, -0.2) is 19.1 Å². The van der Waals surface area contributed by atoms with Gasteiger partial charge in [0.05, 0.1) is 5.71 Å². The largest absolute Gasteiger partial charge is 0.323 e. The van der Waals surface area contributed by atoms with Crippen LogP contribution >= 0.6 is 0 Å². The Labute approximate surface area is 60.5 Å². The molecule has 0 saturated heterocycles. The van der Waals surface area contributed by atoms with Crippen molar-refractivity contribution in [1.82, 2.24) is 5.32 Å². The first-order chi connectivity index (χ1) is 4.63. The van der Waals surface area contributed by atoms with Gasteiger partial charge in [-0.15, -0.1) is 0 Å². The normalized spacial score (nSPS) is 15.9. The summed E-state index contributed by atoms with van der Waals surface area (Å²) in [5.74, 6) is 5.01. The molecule has 0 aromatic rings. The van der Waals surface area contributed by atoms with Crippen molar-refractivity contribution in [3.8, 4) is 0 Å². The van der Waals surface area contributed by atoms with E-state index in [9.17, 15) is 4.39 Å². The van der Waals surface area contributed by atoms with Crippen molar-refractivity contribution in [2.24, 2.45) is 16.9 Å². The minimum Gasteiger partial charge on any atom is -0.323 e. The summed E-state index contributed by atoms with van der Waals surface area (Å²) in [6.07, 6.45) is -1.22. The molecule has 1 unspecified atom stereocenters. The maximum Gasteiger partial charge on any atom is 0.191 e. The quantitative estimate of drug-likeness (QED) is 0.264. The lowest BCUT2D eigenvalue weighted by atomic mass is 10.1. The van der Waals surface area contributed by atoms with Crippen LogP contribution in [0.2, 0.25) is 0 Å². The van der Waals surface area contributed by atoms with E-state index < -0.39 is 6.30 Å². The number of nitrogens with one attached hydrogen (secondary N) is 1. The number of alkyl halides is 1. The minimum absolute atomic E-state index is 0.0486. The van der Waals surface area contributed by atoms with Gasteiger partial charge in [0.25, 0.3) is 0 Å². The van der Waals surface area contributed by atoms with Gasteiger partial charge >= 0.3 is 0 Å². The molecule has 0 spiro atoms. The lowest BCUT2D eigenvalue weighted by Crippen LogP contribution is -2.33. The second-order valence-corrected chi connectivity index (χ2v) is 2.36. The molecule has 1 atom stereocenters. The van der Waals surface area contributed by atoms with Crippen molar-refractivity contribution in [3.05, 3.63) is 0 Å². The summed E-state index contributed by atoms with van der Waals surface area (Å²) < 4.78 is 12.7. The van der Waals surface area contributed by atoms with E-state index in [4.69, 9.17) is 5.84 Å². The molecule has 0 aliphatic rings. The Kier molecular flexibility index (Phi) is 3.95. The van der Waals surface area contributed by atoms with E-state index in [1.165, 1.54) is 7.05 Å². The highest BCUT2D eigenvalue weighted by atomic mass is 19.1. The SMILES string of the molecule is CNC(F)/C(=N\N)C(C)C. The summed E-state index contributed by atoms with van der Waals surface area (Å²) in [6, 6.07) is 0. The van der Waals surface area contributed by atoms with E-state index in [1.54, 1.807) is 0 Å². The van der Waals surface area contributed by atoms with E-state index in [-0.39, 0.29) is 5.92 Å². The molecule has 10 heavy (non-hydrogen) atoms. The van der Waals surface area contributed by atoms with Gasteiger partial charge in [0.2, 0.25) is 0 Å². The third-order valence-corrected chi connectivity index (χ3v) is 1.25. The van der Waals surface area contributed by atoms with Gasteiger partial charge in [0, 0.05) is 0 Å². The van der Waals surface area contributed by atoms with Crippen LogP contribution in [0.5, 0.6) is 0 Å². The van der Waals surface area contributed by atoms with Crippen LogP contribution in [0.3, 0.4) is 0 Å². The highest BCUT2D eigenvalue weighted by Gasteiger charge is 2.15. The van der Waals surface area contributed by atoms with Crippen molar-refractivity contribution < 1.29 is 4.39 Å². The van der Waals surface area contributed by atoms with Crippen molar-refractivity contribution >= 4 is 5.71 Å². The third kappa shape index (κ3) is 2.31.